The normalized spacial score (nSPS) is 11.2. The Kier molecular flexibility index (Phi) is 7.08. The highest BCUT2D eigenvalue weighted by molar-refractivity contribution is 6.33. The van der Waals surface area contributed by atoms with E-state index in [0.29, 0.717) is 25.0 Å². The van der Waals surface area contributed by atoms with Gasteiger partial charge in [-0.2, -0.15) is 0 Å². The Morgan fingerprint density at radius 1 is 1.06 bits per heavy atom. The lowest BCUT2D eigenvalue weighted by atomic mass is 10.2. The van der Waals surface area contributed by atoms with Crippen LogP contribution in [0.2, 0.25) is 0 Å². The standard InChI is InChI=1S/C11H16Cl2O2Si/c12-5-7-14-11(15-8-6-13)9-3-1-2-4-10(9)16/h1-4,11H,5-8H2,16H3. The van der Waals surface area contributed by atoms with Gasteiger partial charge in [0.2, 0.25) is 0 Å². The van der Waals surface area contributed by atoms with Crippen molar-refractivity contribution in [2.75, 3.05) is 25.0 Å². The molecule has 0 atom stereocenters. The molecule has 16 heavy (non-hydrogen) atoms. The van der Waals surface area contributed by atoms with Crippen LogP contribution in [0.1, 0.15) is 11.9 Å². The van der Waals surface area contributed by atoms with Gasteiger partial charge in [-0.15, -0.1) is 23.2 Å². The van der Waals surface area contributed by atoms with Crippen molar-refractivity contribution >= 4 is 38.6 Å². The van der Waals surface area contributed by atoms with Gasteiger partial charge in [0.25, 0.3) is 0 Å². The summed E-state index contributed by atoms with van der Waals surface area (Å²) < 4.78 is 11.1. The summed E-state index contributed by atoms with van der Waals surface area (Å²) in [6.45, 7) is 0.953. The van der Waals surface area contributed by atoms with Crippen LogP contribution >= 0.6 is 23.2 Å². The first kappa shape index (κ1) is 14.0. The van der Waals surface area contributed by atoms with Crippen molar-refractivity contribution in [1.82, 2.24) is 0 Å². The number of benzene rings is 1. The molecular formula is C11H16Cl2O2Si. The van der Waals surface area contributed by atoms with Gasteiger partial charge in [0.05, 0.1) is 13.2 Å². The van der Waals surface area contributed by atoms with E-state index in [1.807, 2.05) is 18.2 Å². The van der Waals surface area contributed by atoms with Crippen LogP contribution in [0.25, 0.3) is 0 Å². The third kappa shape index (κ3) is 4.43. The van der Waals surface area contributed by atoms with Gasteiger partial charge in [-0.3, -0.25) is 0 Å². The predicted molar refractivity (Wildman–Crippen MR) is 72.1 cm³/mol. The molecule has 0 spiro atoms. The van der Waals surface area contributed by atoms with E-state index in [2.05, 4.69) is 6.07 Å². The van der Waals surface area contributed by atoms with Crippen LogP contribution in [0.5, 0.6) is 0 Å². The fourth-order valence-corrected chi connectivity index (χ4v) is 2.16. The number of rotatable bonds is 7. The lowest BCUT2D eigenvalue weighted by Crippen LogP contribution is -2.20. The Morgan fingerprint density at radius 2 is 1.62 bits per heavy atom. The molecule has 0 saturated heterocycles. The number of hydrogen-bond donors (Lipinski definition) is 0. The number of alkyl halides is 2. The van der Waals surface area contributed by atoms with Crippen LogP contribution in [0.3, 0.4) is 0 Å². The lowest BCUT2D eigenvalue weighted by Gasteiger charge is -2.19. The molecule has 0 radical (unpaired) electrons. The first-order chi connectivity index (χ1) is 7.79. The summed E-state index contributed by atoms with van der Waals surface area (Å²) >= 11 is 11.2. The molecule has 0 aliphatic carbocycles. The van der Waals surface area contributed by atoms with E-state index in [1.165, 1.54) is 5.19 Å². The minimum Gasteiger partial charge on any atom is -0.347 e. The fourth-order valence-electron chi connectivity index (χ4n) is 1.38. The zero-order chi connectivity index (χ0) is 11.8. The Bertz CT molecular complexity index is 302. The van der Waals surface area contributed by atoms with E-state index < -0.39 is 0 Å². The number of ether oxygens (including phenoxy) is 2. The highest BCUT2D eigenvalue weighted by Crippen LogP contribution is 2.16. The highest BCUT2D eigenvalue weighted by atomic mass is 35.5. The maximum absolute atomic E-state index is 5.61. The molecule has 0 unspecified atom stereocenters. The Morgan fingerprint density at radius 3 is 2.12 bits per heavy atom. The number of hydrogen-bond acceptors (Lipinski definition) is 2. The third-order valence-corrected chi connectivity index (χ3v) is 3.35. The summed E-state index contributed by atoms with van der Waals surface area (Å²) in [4.78, 5) is 0. The summed E-state index contributed by atoms with van der Waals surface area (Å²) in [6.07, 6.45) is -0.341. The molecule has 0 aliphatic rings. The first-order valence-electron chi connectivity index (χ1n) is 5.20. The van der Waals surface area contributed by atoms with Crippen molar-refractivity contribution in [3.05, 3.63) is 29.8 Å². The van der Waals surface area contributed by atoms with Crippen molar-refractivity contribution in [3.63, 3.8) is 0 Å². The molecule has 1 aromatic carbocycles. The molecule has 0 bridgehead atoms. The molecule has 1 aromatic rings. The van der Waals surface area contributed by atoms with Gasteiger partial charge < -0.3 is 9.47 Å². The van der Waals surface area contributed by atoms with E-state index >= 15 is 0 Å². The van der Waals surface area contributed by atoms with Crippen molar-refractivity contribution in [1.29, 1.82) is 0 Å². The zero-order valence-corrected chi connectivity index (χ0v) is 12.8. The molecule has 90 valence electrons. The quantitative estimate of drug-likeness (QED) is 0.424. The van der Waals surface area contributed by atoms with Gasteiger partial charge in [-0.05, 0) is 0 Å². The van der Waals surface area contributed by atoms with Crippen molar-refractivity contribution < 1.29 is 9.47 Å². The van der Waals surface area contributed by atoms with E-state index in [0.717, 1.165) is 15.8 Å². The molecule has 2 nitrogen and oxygen atoms in total. The van der Waals surface area contributed by atoms with Crippen molar-refractivity contribution in [2.45, 2.75) is 6.29 Å². The van der Waals surface area contributed by atoms with Crippen LogP contribution < -0.4 is 5.19 Å². The minimum atomic E-state index is -0.341. The molecule has 0 aromatic heterocycles. The fraction of sp³-hybridized carbons (Fsp3) is 0.455. The summed E-state index contributed by atoms with van der Waals surface area (Å²) in [5.41, 5.74) is 1.09. The minimum absolute atomic E-state index is 0.341. The van der Waals surface area contributed by atoms with Gasteiger partial charge in [0.15, 0.2) is 6.29 Å². The SMILES string of the molecule is [SiH3]c1ccccc1C(OCCCl)OCCCl. The second-order valence-corrected chi connectivity index (χ2v) is 5.14. The van der Waals surface area contributed by atoms with Crippen LogP contribution in [-0.2, 0) is 9.47 Å². The summed E-state index contributed by atoms with van der Waals surface area (Å²) in [7, 11) is 0.965. The molecule has 0 fully saturated rings. The monoisotopic (exact) mass is 278 g/mol. The zero-order valence-electron chi connectivity index (χ0n) is 9.29. The van der Waals surface area contributed by atoms with Gasteiger partial charge in [0.1, 0.15) is 0 Å². The molecular weight excluding hydrogens is 263 g/mol. The van der Waals surface area contributed by atoms with Crippen LogP contribution in [-0.4, -0.2) is 35.2 Å². The molecule has 1 rings (SSSR count). The lowest BCUT2D eigenvalue weighted by molar-refractivity contribution is -0.138. The van der Waals surface area contributed by atoms with E-state index in [1.54, 1.807) is 0 Å². The second-order valence-electron chi connectivity index (χ2n) is 3.31. The van der Waals surface area contributed by atoms with Gasteiger partial charge >= 0.3 is 0 Å². The maximum atomic E-state index is 5.61. The highest BCUT2D eigenvalue weighted by Gasteiger charge is 2.13. The van der Waals surface area contributed by atoms with Gasteiger partial charge in [-0.1, -0.05) is 29.5 Å². The van der Waals surface area contributed by atoms with Crippen LogP contribution in [0, 0.1) is 0 Å². The summed E-state index contributed by atoms with van der Waals surface area (Å²) in [5, 5.41) is 1.27. The summed E-state index contributed by atoms with van der Waals surface area (Å²) in [6, 6.07) is 8.11. The third-order valence-electron chi connectivity index (χ3n) is 2.14. The van der Waals surface area contributed by atoms with Crippen LogP contribution in [0.4, 0.5) is 0 Å². The van der Waals surface area contributed by atoms with E-state index in [4.69, 9.17) is 32.7 Å². The molecule has 0 saturated carbocycles. The summed E-state index contributed by atoms with van der Waals surface area (Å²) in [5.74, 6) is 0.925. The Labute approximate surface area is 109 Å². The topological polar surface area (TPSA) is 18.5 Å². The smallest absolute Gasteiger partial charge is 0.183 e. The average Bonchev–Trinajstić information content (AvgIpc) is 2.31. The van der Waals surface area contributed by atoms with Crippen molar-refractivity contribution in [3.8, 4) is 0 Å². The van der Waals surface area contributed by atoms with Crippen molar-refractivity contribution in [2.24, 2.45) is 0 Å². The van der Waals surface area contributed by atoms with Gasteiger partial charge in [-0.25, -0.2) is 0 Å². The number of halogens is 2. The second kappa shape index (κ2) is 8.09. The Hall–Kier alpha value is -0.0631. The largest absolute Gasteiger partial charge is 0.347 e. The maximum Gasteiger partial charge on any atom is 0.183 e. The first-order valence-corrected chi connectivity index (χ1v) is 7.27. The van der Waals surface area contributed by atoms with E-state index in [9.17, 15) is 0 Å². The molecule has 0 heterocycles. The molecule has 0 N–H and O–H groups in total. The molecule has 0 aliphatic heterocycles. The predicted octanol–water partition coefficient (Wildman–Crippen LogP) is 1.19. The van der Waals surface area contributed by atoms with Gasteiger partial charge in [0, 0.05) is 27.6 Å². The Balaban J connectivity index is 2.70. The van der Waals surface area contributed by atoms with E-state index in [-0.39, 0.29) is 6.29 Å². The molecule has 5 heteroatoms. The van der Waals surface area contributed by atoms with Crippen LogP contribution in [0.15, 0.2) is 24.3 Å². The molecule has 0 amide bonds. The average molecular weight is 279 g/mol.